The molecule has 22 heavy (non-hydrogen) atoms. The second-order valence-corrected chi connectivity index (χ2v) is 6.27. The number of nitrogens with two attached hydrogens (primary N) is 1. The first-order chi connectivity index (χ1) is 10.6. The molecule has 1 saturated heterocycles. The van der Waals surface area contributed by atoms with Crippen molar-refractivity contribution < 1.29 is 9.59 Å². The second kappa shape index (κ2) is 6.48. The fraction of sp³-hybridized carbons (Fsp3) is 0.529. The molecule has 118 valence electrons. The summed E-state index contributed by atoms with van der Waals surface area (Å²) in [5.74, 6) is -0.406. The number of hydrogen-bond donors (Lipinski definition) is 2. The van der Waals surface area contributed by atoms with Gasteiger partial charge in [-0.1, -0.05) is 12.5 Å². The number of carbonyl (C=O) groups is 2. The van der Waals surface area contributed by atoms with Crippen LogP contribution in [-0.4, -0.2) is 35.8 Å². The number of nitrogens with one attached hydrogen (secondary N) is 1. The smallest absolute Gasteiger partial charge is 0.238 e. The summed E-state index contributed by atoms with van der Waals surface area (Å²) in [5, 5.41) is 2.95. The van der Waals surface area contributed by atoms with Gasteiger partial charge in [-0.15, -0.1) is 0 Å². The quantitative estimate of drug-likeness (QED) is 0.884. The molecule has 1 fully saturated rings. The van der Waals surface area contributed by atoms with E-state index in [1.807, 2.05) is 11.0 Å². The average Bonchev–Trinajstić information content (AvgIpc) is 2.95. The lowest BCUT2D eigenvalue weighted by Crippen LogP contribution is -2.50. The van der Waals surface area contributed by atoms with Crippen LogP contribution in [0.2, 0.25) is 0 Å². The first-order valence-corrected chi connectivity index (χ1v) is 8.08. The van der Waals surface area contributed by atoms with Crippen molar-refractivity contribution in [3.63, 3.8) is 0 Å². The van der Waals surface area contributed by atoms with Gasteiger partial charge in [0.1, 0.15) is 0 Å². The Morgan fingerprint density at radius 2 is 2.00 bits per heavy atom. The molecule has 3 rings (SSSR count). The molecule has 0 aromatic heterocycles. The number of carbonyl (C=O) groups excluding carboxylic acids is 2. The Labute approximate surface area is 130 Å². The highest BCUT2D eigenvalue weighted by molar-refractivity contribution is 5.93. The number of nitrogens with zero attached hydrogens (tertiary/aromatic N) is 1. The van der Waals surface area contributed by atoms with E-state index in [4.69, 9.17) is 5.73 Å². The zero-order chi connectivity index (χ0) is 15.5. The van der Waals surface area contributed by atoms with Gasteiger partial charge >= 0.3 is 0 Å². The lowest BCUT2D eigenvalue weighted by Gasteiger charge is -2.32. The number of anilines is 1. The molecule has 0 spiro atoms. The van der Waals surface area contributed by atoms with Crippen molar-refractivity contribution in [3.8, 4) is 0 Å². The number of piperidine rings is 1. The van der Waals surface area contributed by atoms with Crippen LogP contribution in [0, 0.1) is 0 Å². The molecule has 5 nitrogen and oxygen atoms in total. The van der Waals surface area contributed by atoms with Gasteiger partial charge in [-0.05, 0) is 61.9 Å². The van der Waals surface area contributed by atoms with E-state index in [2.05, 4.69) is 17.4 Å². The predicted molar refractivity (Wildman–Crippen MR) is 85.5 cm³/mol. The number of fused-ring (bicyclic) bond motifs is 1. The molecule has 2 amide bonds. The average molecular weight is 301 g/mol. The van der Waals surface area contributed by atoms with E-state index in [9.17, 15) is 9.59 Å². The fourth-order valence-electron chi connectivity index (χ4n) is 3.54. The van der Waals surface area contributed by atoms with Gasteiger partial charge in [0.15, 0.2) is 0 Å². The number of primary amides is 1. The minimum Gasteiger partial charge on any atom is -0.368 e. The SMILES string of the molecule is NC(=O)[C@H]1CCCCN1CC(=O)Nc1ccc2c(c1)CCC2. The van der Waals surface area contributed by atoms with Crippen LogP contribution >= 0.6 is 0 Å². The monoisotopic (exact) mass is 301 g/mol. The Morgan fingerprint density at radius 1 is 1.18 bits per heavy atom. The van der Waals surface area contributed by atoms with Crippen molar-refractivity contribution in [1.29, 1.82) is 0 Å². The number of benzene rings is 1. The number of hydrogen-bond acceptors (Lipinski definition) is 3. The lowest BCUT2D eigenvalue weighted by molar-refractivity contribution is -0.126. The van der Waals surface area contributed by atoms with E-state index in [1.165, 1.54) is 17.5 Å². The second-order valence-electron chi connectivity index (χ2n) is 6.27. The van der Waals surface area contributed by atoms with E-state index < -0.39 is 0 Å². The first kappa shape index (κ1) is 15.0. The fourth-order valence-corrected chi connectivity index (χ4v) is 3.54. The molecule has 0 bridgehead atoms. The zero-order valence-electron chi connectivity index (χ0n) is 12.8. The Bertz CT molecular complexity index is 585. The van der Waals surface area contributed by atoms with Gasteiger partial charge in [-0.2, -0.15) is 0 Å². The first-order valence-electron chi connectivity index (χ1n) is 8.08. The number of rotatable bonds is 4. The molecule has 0 saturated carbocycles. The normalized spacial score (nSPS) is 21.4. The highest BCUT2D eigenvalue weighted by Gasteiger charge is 2.28. The van der Waals surface area contributed by atoms with E-state index in [0.29, 0.717) is 0 Å². The molecule has 1 atom stereocenters. The topological polar surface area (TPSA) is 75.4 Å². The molecule has 0 radical (unpaired) electrons. The lowest BCUT2D eigenvalue weighted by atomic mass is 10.0. The summed E-state index contributed by atoms with van der Waals surface area (Å²) in [5.41, 5.74) is 9.01. The maximum atomic E-state index is 12.2. The molecule has 1 aliphatic heterocycles. The molecular formula is C17H23N3O2. The van der Waals surface area contributed by atoms with E-state index in [-0.39, 0.29) is 24.4 Å². The number of amides is 2. The highest BCUT2D eigenvalue weighted by atomic mass is 16.2. The van der Waals surface area contributed by atoms with Gasteiger partial charge in [-0.3, -0.25) is 14.5 Å². The molecule has 1 heterocycles. The van der Waals surface area contributed by atoms with Crippen molar-refractivity contribution in [2.24, 2.45) is 5.73 Å². The van der Waals surface area contributed by atoms with Gasteiger partial charge in [0.05, 0.1) is 12.6 Å². The highest BCUT2D eigenvalue weighted by Crippen LogP contribution is 2.25. The third kappa shape index (κ3) is 3.30. The van der Waals surface area contributed by atoms with Crippen molar-refractivity contribution in [2.45, 2.75) is 44.6 Å². The Morgan fingerprint density at radius 3 is 2.82 bits per heavy atom. The van der Waals surface area contributed by atoms with Crippen LogP contribution < -0.4 is 11.1 Å². The van der Waals surface area contributed by atoms with Gasteiger partial charge in [-0.25, -0.2) is 0 Å². The predicted octanol–water partition coefficient (Wildman–Crippen LogP) is 1.45. The largest absolute Gasteiger partial charge is 0.368 e. The third-order valence-electron chi connectivity index (χ3n) is 4.67. The van der Waals surface area contributed by atoms with Crippen molar-refractivity contribution >= 4 is 17.5 Å². The van der Waals surface area contributed by atoms with Crippen LogP contribution in [0.1, 0.15) is 36.8 Å². The molecule has 5 heteroatoms. The number of aryl methyl sites for hydroxylation is 2. The Balaban J connectivity index is 1.61. The van der Waals surface area contributed by atoms with E-state index in [1.54, 1.807) is 0 Å². The minimum absolute atomic E-state index is 0.0777. The molecule has 1 aromatic rings. The van der Waals surface area contributed by atoms with Crippen LogP contribution in [0.4, 0.5) is 5.69 Å². The van der Waals surface area contributed by atoms with Gasteiger partial charge in [0.2, 0.25) is 11.8 Å². The summed E-state index contributed by atoms with van der Waals surface area (Å²) in [4.78, 5) is 25.6. The van der Waals surface area contributed by atoms with Gasteiger partial charge < -0.3 is 11.1 Å². The van der Waals surface area contributed by atoms with Crippen LogP contribution in [0.15, 0.2) is 18.2 Å². The molecule has 1 aromatic carbocycles. The van der Waals surface area contributed by atoms with Gasteiger partial charge in [0.25, 0.3) is 0 Å². The maximum Gasteiger partial charge on any atom is 0.238 e. The van der Waals surface area contributed by atoms with E-state index >= 15 is 0 Å². The summed E-state index contributed by atoms with van der Waals surface area (Å²) in [7, 11) is 0. The van der Waals surface area contributed by atoms with Crippen LogP contribution in [0.25, 0.3) is 0 Å². The maximum absolute atomic E-state index is 12.2. The molecule has 3 N–H and O–H groups in total. The van der Waals surface area contributed by atoms with Crippen molar-refractivity contribution in [1.82, 2.24) is 4.90 Å². The summed E-state index contributed by atoms with van der Waals surface area (Å²) in [6, 6.07) is 5.83. The molecular weight excluding hydrogens is 278 g/mol. The summed E-state index contributed by atoms with van der Waals surface area (Å²) >= 11 is 0. The van der Waals surface area contributed by atoms with Crippen molar-refractivity contribution in [3.05, 3.63) is 29.3 Å². The molecule has 0 unspecified atom stereocenters. The molecule has 1 aliphatic carbocycles. The van der Waals surface area contributed by atoms with Crippen LogP contribution in [-0.2, 0) is 22.4 Å². The summed E-state index contributed by atoms with van der Waals surface area (Å²) in [6.45, 7) is 0.982. The van der Waals surface area contributed by atoms with Gasteiger partial charge in [0, 0.05) is 5.69 Å². The molecule has 2 aliphatic rings. The van der Waals surface area contributed by atoms with Crippen LogP contribution in [0.3, 0.4) is 0 Å². The van der Waals surface area contributed by atoms with Crippen LogP contribution in [0.5, 0.6) is 0 Å². The summed E-state index contributed by atoms with van der Waals surface area (Å²) < 4.78 is 0. The minimum atomic E-state index is -0.329. The zero-order valence-corrected chi connectivity index (χ0v) is 12.8. The Kier molecular flexibility index (Phi) is 4.43. The van der Waals surface area contributed by atoms with E-state index in [0.717, 1.165) is 44.3 Å². The van der Waals surface area contributed by atoms with Crippen molar-refractivity contribution in [2.75, 3.05) is 18.4 Å². The Hall–Kier alpha value is -1.88. The third-order valence-corrected chi connectivity index (χ3v) is 4.67. The summed E-state index contributed by atoms with van der Waals surface area (Å²) in [6.07, 6.45) is 6.18. The standard InChI is InChI=1S/C17H23N3O2/c18-17(22)15-6-1-2-9-20(15)11-16(21)19-14-8-7-12-4-3-5-13(12)10-14/h7-8,10,15H,1-6,9,11H2,(H2,18,22)(H,19,21)/t15-/m1/s1. The number of likely N-dealkylation sites (tertiary alicyclic amines) is 1.